The molecule has 0 bridgehead atoms. The second-order valence-corrected chi connectivity index (χ2v) is 3.21. The maximum absolute atomic E-state index is 9.58. The van der Waals surface area contributed by atoms with Gasteiger partial charge in [-0.1, -0.05) is 0 Å². The highest BCUT2D eigenvalue weighted by Gasteiger charge is 2.26. The van der Waals surface area contributed by atoms with Crippen molar-refractivity contribution in [3.05, 3.63) is 5.82 Å². The van der Waals surface area contributed by atoms with Crippen LogP contribution < -0.4 is 5.73 Å². The summed E-state index contributed by atoms with van der Waals surface area (Å²) in [7, 11) is 0. The van der Waals surface area contributed by atoms with E-state index in [9.17, 15) is 5.11 Å². The normalized spacial score (nSPS) is 29.5. The molecule has 1 aromatic heterocycles. The number of aliphatic hydroxyl groups is 1. The highest BCUT2D eigenvalue weighted by Crippen LogP contribution is 2.15. The summed E-state index contributed by atoms with van der Waals surface area (Å²) >= 11 is 0. The molecular weight excluding hydrogens is 158 g/mol. The molecule has 12 heavy (non-hydrogen) atoms. The Morgan fingerprint density at radius 2 is 2.42 bits per heavy atom. The average Bonchev–Trinajstić information content (AvgIpc) is 2.31. The fraction of sp³-hybridized carbons (Fsp3) is 0.833. The molecule has 0 radical (unpaired) electrons. The lowest BCUT2D eigenvalue weighted by Crippen LogP contribution is -2.43. The van der Waals surface area contributed by atoms with Crippen molar-refractivity contribution in [1.82, 2.24) is 20.2 Å². The molecule has 6 nitrogen and oxygen atoms in total. The monoisotopic (exact) mass is 169 g/mol. The predicted molar refractivity (Wildman–Crippen MR) is 39.9 cm³/mol. The number of aryl methyl sites for hydroxylation is 1. The third-order valence-corrected chi connectivity index (χ3v) is 2.04. The minimum Gasteiger partial charge on any atom is -0.374 e. The average molecular weight is 169 g/mol. The minimum absolute atomic E-state index is 0.287. The Hall–Kier alpha value is -1.01. The van der Waals surface area contributed by atoms with E-state index in [0.717, 1.165) is 18.7 Å². The van der Waals surface area contributed by atoms with Gasteiger partial charge in [0.1, 0.15) is 5.72 Å². The smallest absolute Gasteiger partial charge is 0.151 e. The molecule has 6 heteroatoms. The van der Waals surface area contributed by atoms with E-state index in [1.165, 1.54) is 0 Å². The van der Waals surface area contributed by atoms with Gasteiger partial charge in [0.15, 0.2) is 5.82 Å². The van der Waals surface area contributed by atoms with Crippen molar-refractivity contribution in [2.45, 2.75) is 31.5 Å². The Labute approximate surface area is 69.4 Å². The van der Waals surface area contributed by atoms with Crippen LogP contribution in [0, 0.1) is 0 Å². The summed E-state index contributed by atoms with van der Waals surface area (Å²) < 4.78 is 1.56. The SMILES string of the molecule is NC1(O)CCCc2nnnn2C1. The molecule has 0 amide bonds. The lowest BCUT2D eigenvalue weighted by atomic mass is 10.1. The molecule has 0 spiro atoms. The summed E-state index contributed by atoms with van der Waals surface area (Å²) in [6.45, 7) is 0.287. The molecule has 0 fully saturated rings. The maximum Gasteiger partial charge on any atom is 0.151 e. The Bertz CT molecular complexity index is 281. The van der Waals surface area contributed by atoms with Crippen molar-refractivity contribution in [1.29, 1.82) is 0 Å². The van der Waals surface area contributed by atoms with E-state index in [1.807, 2.05) is 0 Å². The number of nitrogens with zero attached hydrogens (tertiary/aromatic N) is 4. The Morgan fingerprint density at radius 3 is 3.25 bits per heavy atom. The number of nitrogens with two attached hydrogens (primary N) is 1. The quantitative estimate of drug-likeness (QED) is 0.469. The van der Waals surface area contributed by atoms with E-state index in [1.54, 1.807) is 4.68 Å². The summed E-state index contributed by atoms with van der Waals surface area (Å²) in [4.78, 5) is 0. The molecule has 0 saturated carbocycles. The van der Waals surface area contributed by atoms with Crippen LogP contribution in [0.25, 0.3) is 0 Å². The first-order valence-corrected chi connectivity index (χ1v) is 3.94. The lowest BCUT2D eigenvalue weighted by Gasteiger charge is -2.19. The fourth-order valence-electron chi connectivity index (χ4n) is 1.42. The van der Waals surface area contributed by atoms with Crippen LogP contribution in [-0.4, -0.2) is 31.0 Å². The van der Waals surface area contributed by atoms with Crippen molar-refractivity contribution < 1.29 is 5.11 Å². The molecule has 66 valence electrons. The molecule has 1 aliphatic rings. The number of aromatic nitrogens is 4. The van der Waals surface area contributed by atoms with Crippen molar-refractivity contribution in [2.75, 3.05) is 0 Å². The largest absolute Gasteiger partial charge is 0.374 e. The van der Waals surface area contributed by atoms with Gasteiger partial charge in [0.2, 0.25) is 0 Å². The fourth-order valence-corrected chi connectivity index (χ4v) is 1.42. The summed E-state index contributed by atoms with van der Waals surface area (Å²) in [5, 5.41) is 20.6. The first kappa shape index (κ1) is 7.63. The van der Waals surface area contributed by atoms with Crippen LogP contribution in [0.5, 0.6) is 0 Å². The summed E-state index contributed by atoms with van der Waals surface area (Å²) in [5.74, 6) is 0.802. The summed E-state index contributed by atoms with van der Waals surface area (Å²) in [6, 6.07) is 0. The topological polar surface area (TPSA) is 89.8 Å². The molecule has 1 aliphatic heterocycles. The molecular formula is C6H11N5O. The number of hydrogen-bond donors (Lipinski definition) is 2. The first-order valence-electron chi connectivity index (χ1n) is 3.94. The van der Waals surface area contributed by atoms with Gasteiger partial charge in [0.05, 0.1) is 6.54 Å². The zero-order chi connectivity index (χ0) is 8.60. The molecule has 2 heterocycles. The van der Waals surface area contributed by atoms with Crippen LogP contribution in [0.15, 0.2) is 0 Å². The van der Waals surface area contributed by atoms with Gasteiger partial charge in [-0.25, -0.2) is 4.68 Å². The predicted octanol–water partition coefficient (Wildman–Crippen LogP) is -1.34. The highest BCUT2D eigenvalue weighted by atomic mass is 16.3. The van der Waals surface area contributed by atoms with Crippen LogP contribution in [0.2, 0.25) is 0 Å². The summed E-state index contributed by atoms with van der Waals surface area (Å²) in [5.41, 5.74) is 4.44. The van der Waals surface area contributed by atoms with Gasteiger partial charge in [0.25, 0.3) is 0 Å². The lowest BCUT2D eigenvalue weighted by molar-refractivity contribution is 0.0194. The van der Waals surface area contributed by atoms with Crippen LogP contribution in [0.1, 0.15) is 18.7 Å². The Kier molecular flexibility index (Phi) is 1.59. The second-order valence-electron chi connectivity index (χ2n) is 3.21. The standard InChI is InChI=1S/C6H11N5O/c7-6(12)3-1-2-5-8-9-10-11(5)4-6/h12H,1-4,7H2. The zero-order valence-corrected chi connectivity index (χ0v) is 6.64. The van der Waals surface area contributed by atoms with Crippen LogP contribution in [0.3, 0.4) is 0 Å². The van der Waals surface area contributed by atoms with Gasteiger partial charge in [-0.15, -0.1) is 5.10 Å². The van der Waals surface area contributed by atoms with Gasteiger partial charge >= 0.3 is 0 Å². The van der Waals surface area contributed by atoms with Gasteiger partial charge < -0.3 is 10.8 Å². The molecule has 3 N–H and O–H groups in total. The number of fused-ring (bicyclic) bond motifs is 1. The van der Waals surface area contributed by atoms with Gasteiger partial charge in [0, 0.05) is 6.42 Å². The molecule has 2 rings (SSSR count). The van der Waals surface area contributed by atoms with Crippen LogP contribution >= 0.6 is 0 Å². The van der Waals surface area contributed by atoms with Crippen molar-refractivity contribution >= 4 is 0 Å². The van der Waals surface area contributed by atoms with E-state index in [4.69, 9.17) is 5.73 Å². The Morgan fingerprint density at radius 1 is 1.58 bits per heavy atom. The second kappa shape index (κ2) is 2.49. The molecule has 0 aromatic carbocycles. The van der Waals surface area contributed by atoms with Gasteiger partial charge in [-0.3, -0.25) is 0 Å². The number of rotatable bonds is 0. The van der Waals surface area contributed by atoms with E-state index < -0.39 is 5.72 Å². The maximum atomic E-state index is 9.58. The van der Waals surface area contributed by atoms with Crippen LogP contribution in [-0.2, 0) is 13.0 Å². The molecule has 1 unspecified atom stereocenters. The van der Waals surface area contributed by atoms with Gasteiger partial charge in [-0.2, -0.15) is 0 Å². The molecule has 0 saturated heterocycles. The molecule has 0 aliphatic carbocycles. The number of tetrazole rings is 1. The zero-order valence-electron chi connectivity index (χ0n) is 6.64. The van der Waals surface area contributed by atoms with Crippen molar-refractivity contribution in [2.24, 2.45) is 5.73 Å². The highest BCUT2D eigenvalue weighted by molar-refractivity contribution is 4.88. The third-order valence-electron chi connectivity index (χ3n) is 2.04. The van der Waals surface area contributed by atoms with Crippen LogP contribution in [0.4, 0.5) is 0 Å². The number of hydrogen-bond acceptors (Lipinski definition) is 5. The molecule has 1 atom stereocenters. The van der Waals surface area contributed by atoms with E-state index in [2.05, 4.69) is 15.5 Å². The van der Waals surface area contributed by atoms with E-state index in [0.29, 0.717) is 6.42 Å². The molecule has 1 aromatic rings. The van der Waals surface area contributed by atoms with Crippen molar-refractivity contribution in [3.63, 3.8) is 0 Å². The third kappa shape index (κ3) is 1.30. The first-order chi connectivity index (χ1) is 5.67. The van der Waals surface area contributed by atoms with Gasteiger partial charge in [-0.05, 0) is 23.3 Å². The minimum atomic E-state index is -1.15. The van der Waals surface area contributed by atoms with E-state index in [-0.39, 0.29) is 6.54 Å². The summed E-state index contributed by atoms with van der Waals surface area (Å²) in [6.07, 6.45) is 2.19. The van der Waals surface area contributed by atoms with Crippen molar-refractivity contribution in [3.8, 4) is 0 Å². The Balaban J connectivity index is 2.30. The van der Waals surface area contributed by atoms with E-state index >= 15 is 0 Å².